The summed E-state index contributed by atoms with van der Waals surface area (Å²) in [4.78, 5) is 12.8. The third-order valence-corrected chi connectivity index (χ3v) is 4.05. The van der Waals surface area contributed by atoms with Crippen molar-refractivity contribution in [1.82, 2.24) is 4.57 Å². The number of rotatable bonds is 2. The minimum atomic E-state index is -0.585. The van der Waals surface area contributed by atoms with E-state index in [2.05, 4.69) is 0 Å². The van der Waals surface area contributed by atoms with Crippen molar-refractivity contribution in [3.8, 4) is 5.75 Å². The number of halogens is 1. The minimum Gasteiger partial charge on any atom is -0.495 e. The Labute approximate surface area is 145 Å². The summed E-state index contributed by atoms with van der Waals surface area (Å²) in [6.45, 7) is 5.55. The Hall–Kier alpha value is -2.20. The summed E-state index contributed by atoms with van der Waals surface area (Å²) in [5.74, 6) is 0.975. The van der Waals surface area contributed by atoms with Crippen molar-refractivity contribution in [2.75, 3.05) is 7.11 Å². The lowest BCUT2D eigenvalue weighted by Gasteiger charge is -2.20. The molecular formula is C19H20ClNO3. The highest BCUT2D eigenvalue weighted by Crippen LogP contribution is 2.36. The highest BCUT2D eigenvalue weighted by Gasteiger charge is 2.24. The molecule has 24 heavy (non-hydrogen) atoms. The summed E-state index contributed by atoms with van der Waals surface area (Å²) >= 11 is 6.01. The molecule has 0 N–H and O–H groups in total. The molecule has 1 heterocycles. The summed E-state index contributed by atoms with van der Waals surface area (Å²) in [6.07, 6.45) is -0.425. The first-order valence-corrected chi connectivity index (χ1v) is 8.28. The van der Waals surface area contributed by atoms with E-state index in [1.54, 1.807) is 11.7 Å². The normalized spacial score (nSPS) is 11.9. The van der Waals surface area contributed by atoms with Crippen molar-refractivity contribution in [2.24, 2.45) is 0 Å². The molecule has 0 aliphatic carbocycles. The number of hydrogen-bond acceptors (Lipinski definition) is 3. The standard InChI is InChI=1S/C19H20ClNO3/c1-19(2,3)24-18(22)21-15-8-6-5-7-13(15)14-9-12(11-20)10-16(23-4)17(14)21/h5-10H,11H2,1-4H3. The van der Waals surface area contributed by atoms with Gasteiger partial charge < -0.3 is 9.47 Å². The SMILES string of the molecule is COc1cc(CCl)cc2c3ccccc3n(C(=O)OC(C)(C)C)c12. The molecule has 1 aromatic heterocycles. The van der Waals surface area contributed by atoms with E-state index in [0.717, 1.165) is 21.9 Å². The number of alkyl halides is 1. The second-order valence-corrected chi connectivity index (χ2v) is 6.93. The van der Waals surface area contributed by atoms with Crippen molar-refractivity contribution in [1.29, 1.82) is 0 Å². The predicted octanol–water partition coefficient (Wildman–Crippen LogP) is 5.33. The average Bonchev–Trinajstić information content (AvgIpc) is 2.87. The van der Waals surface area contributed by atoms with Crippen LogP contribution in [0.1, 0.15) is 26.3 Å². The van der Waals surface area contributed by atoms with Crippen LogP contribution in [-0.4, -0.2) is 23.4 Å². The molecule has 0 atom stereocenters. The number of aromatic nitrogens is 1. The molecular weight excluding hydrogens is 326 g/mol. The Morgan fingerprint density at radius 2 is 1.88 bits per heavy atom. The number of methoxy groups -OCH3 is 1. The Balaban J connectivity index is 2.39. The molecule has 0 radical (unpaired) electrons. The monoisotopic (exact) mass is 345 g/mol. The van der Waals surface area contributed by atoms with Crippen LogP contribution in [-0.2, 0) is 10.6 Å². The zero-order chi connectivity index (χ0) is 17.5. The minimum absolute atomic E-state index is 0.373. The number of nitrogens with zero attached hydrogens (tertiary/aromatic N) is 1. The summed E-state index contributed by atoms with van der Waals surface area (Å²) in [7, 11) is 1.59. The van der Waals surface area contributed by atoms with Crippen LogP contribution in [0.2, 0.25) is 0 Å². The second kappa shape index (κ2) is 6.02. The zero-order valence-electron chi connectivity index (χ0n) is 14.2. The largest absolute Gasteiger partial charge is 0.495 e. The van der Waals surface area contributed by atoms with Gasteiger partial charge in [0.05, 0.1) is 12.6 Å². The van der Waals surface area contributed by atoms with Crippen LogP contribution in [0.15, 0.2) is 36.4 Å². The average molecular weight is 346 g/mol. The molecule has 0 aliphatic rings. The van der Waals surface area contributed by atoms with E-state index in [9.17, 15) is 4.79 Å². The van der Waals surface area contributed by atoms with Crippen LogP contribution < -0.4 is 4.74 Å². The molecule has 0 amide bonds. The zero-order valence-corrected chi connectivity index (χ0v) is 15.0. The van der Waals surface area contributed by atoms with Gasteiger partial charge in [-0.1, -0.05) is 18.2 Å². The highest BCUT2D eigenvalue weighted by atomic mass is 35.5. The quantitative estimate of drug-likeness (QED) is 0.590. The molecule has 0 spiro atoms. The van der Waals surface area contributed by atoms with E-state index >= 15 is 0 Å². The third-order valence-electron chi connectivity index (χ3n) is 3.74. The smallest absolute Gasteiger partial charge is 0.419 e. The van der Waals surface area contributed by atoms with Crippen molar-refractivity contribution in [3.05, 3.63) is 42.0 Å². The van der Waals surface area contributed by atoms with Crippen molar-refractivity contribution < 1.29 is 14.3 Å². The van der Waals surface area contributed by atoms with Gasteiger partial charge in [0, 0.05) is 16.7 Å². The molecule has 0 fully saturated rings. The molecule has 5 heteroatoms. The number of carbonyl (C=O) groups excluding carboxylic acids is 1. The van der Waals surface area contributed by atoms with E-state index in [-0.39, 0.29) is 0 Å². The van der Waals surface area contributed by atoms with Gasteiger partial charge in [-0.2, -0.15) is 0 Å². The first-order valence-electron chi connectivity index (χ1n) is 7.75. The summed E-state index contributed by atoms with van der Waals surface area (Å²) < 4.78 is 12.7. The maximum atomic E-state index is 12.8. The van der Waals surface area contributed by atoms with Crippen LogP contribution >= 0.6 is 11.6 Å². The van der Waals surface area contributed by atoms with Crippen LogP contribution in [0.5, 0.6) is 5.75 Å². The van der Waals surface area contributed by atoms with Crippen molar-refractivity contribution >= 4 is 39.5 Å². The lowest BCUT2D eigenvalue weighted by Crippen LogP contribution is -2.27. The van der Waals surface area contributed by atoms with Crippen LogP contribution in [0.3, 0.4) is 0 Å². The fourth-order valence-electron chi connectivity index (χ4n) is 2.85. The molecule has 0 bridgehead atoms. The first kappa shape index (κ1) is 16.7. The lowest BCUT2D eigenvalue weighted by atomic mass is 10.1. The van der Waals surface area contributed by atoms with Gasteiger partial charge in [-0.3, -0.25) is 0 Å². The second-order valence-electron chi connectivity index (χ2n) is 6.66. The Bertz CT molecular complexity index is 922. The first-order chi connectivity index (χ1) is 11.4. The number of para-hydroxylation sites is 1. The summed E-state index contributed by atoms with van der Waals surface area (Å²) in [5.41, 5.74) is 1.83. The number of ether oxygens (including phenoxy) is 2. The Kier molecular flexibility index (Phi) is 4.18. The van der Waals surface area contributed by atoms with E-state index < -0.39 is 11.7 Å². The molecule has 4 nitrogen and oxygen atoms in total. The molecule has 2 aromatic carbocycles. The molecule has 3 aromatic rings. The van der Waals surface area contributed by atoms with Gasteiger partial charge in [0.1, 0.15) is 16.9 Å². The van der Waals surface area contributed by atoms with Gasteiger partial charge >= 0.3 is 6.09 Å². The van der Waals surface area contributed by atoms with Crippen molar-refractivity contribution in [2.45, 2.75) is 32.3 Å². The number of hydrogen-bond donors (Lipinski definition) is 0. The van der Waals surface area contributed by atoms with Crippen LogP contribution in [0.25, 0.3) is 21.8 Å². The fourth-order valence-corrected chi connectivity index (χ4v) is 3.00. The molecule has 0 saturated carbocycles. The van der Waals surface area contributed by atoms with Gasteiger partial charge in [-0.25, -0.2) is 9.36 Å². The number of fused-ring (bicyclic) bond motifs is 3. The highest BCUT2D eigenvalue weighted by molar-refractivity contribution is 6.18. The third kappa shape index (κ3) is 2.82. The topological polar surface area (TPSA) is 40.5 Å². The molecule has 0 aliphatic heterocycles. The predicted molar refractivity (Wildman–Crippen MR) is 97.2 cm³/mol. The van der Waals surface area contributed by atoms with E-state index in [4.69, 9.17) is 21.1 Å². The maximum Gasteiger partial charge on any atom is 0.419 e. The van der Waals surface area contributed by atoms with Crippen LogP contribution in [0.4, 0.5) is 4.79 Å². The van der Waals surface area contributed by atoms with Gasteiger partial charge in [-0.05, 0) is 44.5 Å². The Morgan fingerprint density at radius 1 is 1.17 bits per heavy atom. The Morgan fingerprint density at radius 3 is 2.50 bits per heavy atom. The van der Waals surface area contributed by atoms with Gasteiger partial charge in [-0.15, -0.1) is 11.6 Å². The lowest BCUT2D eigenvalue weighted by molar-refractivity contribution is 0.0551. The summed E-state index contributed by atoms with van der Waals surface area (Å²) in [6, 6.07) is 11.6. The molecule has 0 unspecified atom stereocenters. The van der Waals surface area contributed by atoms with E-state index in [1.807, 2.05) is 57.2 Å². The maximum absolute atomic E-state index is 12.8. The van der Waals surface area contributed by atoms with Gasteiger partial charge in [0.15, 0.2) is 0 Å². The molecule has 0 saturated heterocycles. The van der Waals surface area contributed by atoms with E-state index in [0.29, 0.717) is 17.1 Å². The fraction of sp³-hybridized carbons (Fsp3) is 0.316. The van der Waals surface area contributed by atoms with E-state index in [1.165, 1.54) is 0 Å². The number of carbonyl (C=O) groups is 1. The molecule has 3 rings (SSSR count). The van der Waals surface area contributed by atoms with Crippen LogP contribution in [0, 0.1) is 0 Å². The van der Waals surface area contributed by atoms with Gasteiger partial charge in [0.25, 0.3) is 0 Å². The summed E-state index contributed by atoms with van der Waals surface area (Å²) in [5, 5.41) is 1.88. The molecule has 126 valence electrons. The van der Waals surface area contributed by atoms with Gasteiger partial charge in [0.2, 0.25) is 0 Å². The van der Waals surface area contributed by atoms with Crippen molar-refractivity contribution in [3.63, 3.8) is 0 Å². The number of benzene rings is 2.